The quantitative estimate of drug-likeness (QED) is 0.566. The summed E-state index contributed by atoms with van der Waals surface area (Å²) in [6.07, 6.45) is 9.97. The van der Waals surface area contributed by atoms with Gasteiger partial charge in [0.1, 0.15) is 0 Å². The maximum absolute atomic E-state index is 12.9. The van der Waals surface area contributed by atoms with Gasteiger partial charge in [-0.3, -0.25) is 4.21 Å². The highest BCUT2D eigenvalue weighted by Crippen LogP contribution is 2.50. The zero-order chi connectivity index (χ0) is 17.0. The summed E-state index contributed by atoms with van der Waals surface area (Å²) in [6, 6.07) is 0. The molecule has 3 atom stereocenters. The molecule has 1 aliphatic heterocycles. The fourth-order valence-corrected chi connectivity index (χ4v) is 4.88. The van der Waals surface area contributed by atoms with Gasteiger partial charge in [0.2, 0.25) is 0 Å². The second-order valence-corrected chi connectivity index (χ2v) is 11.0. The minimum absolute atomic E-state index is 0.00727. The Kier molecular flexibility index (Phi) is 4.18. The number of rotatable bonds is 0. The smallest absolute Gasteiger partial charge is 0.0538 e. The van der Waals surface area contributed by atoms with Crippen molar-refractivity contribution in [3.63, 3.8) is 0 Å². The van der Waals surface area contributed by atoms with E-state index < -0.39 is 10.8 Å². The van der Waals surface area contributed by atoms with Crippen molar-refractivity contribution in [2.45, 2.75) is 61.8 Å². The standard InChI is InChI=1S/C20H32OS/c1-17(2,3)19(7)11-9-15-13-20(8,18(4,5)6)14-22(21)16(15)10-12-19/h9-12H,13-14H2,1-8H3. The van der Waals surface area contributed by atoms with Crippen molar-refractivity contribution in [3.05, 3.63) is 34.8 Å². The molecular weight excluding hydrogens is 288 g/mol. The Labute approximate surface area is 139 Å². The van der Waals surface area contributed by atoms with E-state index in [1.54, 1.807) is 0 Å². The maximum Gasteiger partial charge on any atom is 0.0538 e. The minimum atomic E-state index is -0.902. The summed E-state index contributed by atoms with van der Waals surface area (Å²) in [5, 5.41) is 0. The van der Waals surface area contributed by atoms with Gasteiger partial charge >= 0.3 is 0 Å². The second kappa shape index (κ2) is 5.19. The van der Waals surface area contributed by atoms with Gasteiger partial charge in [0.05, 0.1) is 10.8 Å². The van der Waals surface area contributed by atoms with Crippen LogP contribution < -0.4 is 0 Å². The zero-order valence-corrected chi connectivity index (χ0v) is 16.4. The molecule has 0 radical (unpaired) electrons. The first kappa shape index (κ1) is 17.7. The first-order valence-corrected chi connectivity index (χ1v) is 9.61. The Morgan fingerprint density at radius 3 is 2.00 bits per heavy atom. The van der Waals surface area contributed by atoms with E-state index in [1.165, 1.54) is 5.57 Å². The number of hydrogen-bond donors (Lipinski definition) is 0. The van der Waals surface area contributed by atoms with Gasteiger partial charge in [-0.1, -0.05) is 73.6 Å². The van der Waals surface area contributed by atoms with E-state index >= 15 is 0 Å². The average molecular weight is 321 g/mol. The van der Waals surface area contributed by atoms with Gasteiger partial charge in [-0.15, -0.1) is 0 Å². The van der Waals surface area contributed by atoms with E-state index in [2.05, 4.69) is 79.7 Å². The SMILES string of the molecule is CC(C)(C)C1(C)C=CC2=C(C=C1)S(=O)CC(C)(C(C)(C)C)C2. The largest absolute Gasteiger partial charge is 0.254 e. The Hall–Kier alpha value is -0.630. The van der Waals surface area contributed by atoms with Gasteiger partial charge in [0.15, 0.2) is 0 Å². The van der Waals surface area contributed by atoms with Crippen molar-refractivity contribution in [1.82, 2.24) is 0 Å². The third kappa shape index (κ3) is 2.91. The molecule has 0 aromatic heterocycles. The lowest BCUT2D eigenvalue weighted by atomic mass is 9.65. The molecule has 2 heteroatoms. The van der Waals surface area contributed by atoms with Crippen LogP contribution in [-0.4, -0.2) is 9.96 Å². The fourth-order valence-electron chi connectivity index (χ4n) is 2.96. The molecule has 0 spiro atoms. The van der Waals surface area contributed by atoms with Gasteiger partial charge in [-0.2, -0.15) is 0 Å². The summed E-state index contributed by atoms with van der Waals surface area (Å²) in [7, 11) is -0.902. The summed E-state index contributed by atoms with van der Waals surface area (Å²) in [4.78, 5) is 1.05. The van der Waals surface area contributed by atoms with E-state index in [0.29, 0.717) is 0 Å². The van der Waals surface area contributed by atoms with Gasteiger partial charge in [0, 0.05) is 16.1 Å². The molecule has 3 unspecified atom stereocenters. The molecule has 0 bridgehead atoms. The lowest BCUT2D eigenvalue weighted by Crippen LogP contribution is -2.40. The molecule has 2 rings (SSSR count). The van der Waals surface area contributed by atoms with Crippen LogP contribution in [0.3, 0.4) is 0 Å². The average Bonchev–Trinajstić information content (AvgIpc) is 2.48. The van der Waals surface area contributed by atoms with Gasteiger partial charge < -0.3 is 0 Å². The van der Waals surface area contributed by atoms with Crippen LogP contribution in [-0.2, 0) is 10.8 Å². The number of allylic oxidation sites excluding steroid dienone is 5. The van der Waals surface area contributed by atoms with Gasteiger partial charge in [-0.05, 0) is 34.3 Å². The minimum Gasteiger partial charge on any atom is -0.254 e. The molecule has 2 aliphatic rings. The Balaban J connectivity index is 2.46. The molecule has 0 N–H and O–H groups in total. The maximum atomic E-state index is 12.9. The molecular formula is C20H32OS. The summed E-state index contributed by atoms with van der Waals surface area (Å²) in [6.45, 7) is 18.2. The van der Waals surface area contributed by atoms with Crippen LogP contribution in [0.5, 0.6) is 0 Å². The summed E-state index contributed by atoms with van der Waals surface area (Å²) < 4.78 is 12.9. The van der Waals surface area contributed by atoms with Gasteiger partial charge in [0.25, 0.3) is 0 Å². The van der Waals surface area contributed by atoms with Crippen LogP contribution >= 0.6 is 0 Å². The Morgan fingerprint density at radius 2 is 1.50 bits per heavy atom. The van der Waals surface area contributed by atoms with Crippen molar-refractivity contribution in [3.8, 4) is 0 Å². The fraction of sp³-hybridized carbons (Fsp3) is 0.700. The molecule has 1 aliphatic carbocycles. The molecule has 0 fully saturated rings. The third-order valence-electron chi connectivity index (χ3n) is 6.23. The molecule has 22 heavy (non-hydrogen) atoms. The first-order chi connectivity index (χ1) is 9.79. The molecule has 0 saturated heterocycles. The lowest BCUT2D eigenvalue weighted by molar-refractivity contribution is 0.136. The second-order valence-electron chi connectivity index (χ2n) is 9.57. The molecule has 0 aromatic carbocycles. The van der Waals surface area contributed by atoms with E-state index in [4.69, 9.17) is 0 Å². The van der Waals surface area contributed by atoms with Crippen molar-refractivity contribution in [1.29, 1.82) is 0 Å². The van der Waals surface area contributed by atoms with Crippen LogP contribution in [0.15, 0.2) is 34.8 Å². The highest BCUT2D eigenvalue weighted by atomic mass is 32.2. The molecule has 0 saturated carbocycles. The zero-order valence-electron chi connectivity index (χ0n) is 15.5. The van der Waals surface area contributed by atoms with Crippen molar-refractivity contribution in [2.24, 2.45) is 21.7 Å². The van der Waals surface area contributed by atoms with Crippen molar-refractivity contribution < 1.29 is 4.21 Å². The molecule has 124 valence electrons. The Morgan fingerprint density at radius 1 is 0.955 bits per heavy atom. The van der Waals surface area contributed by atoms with Crippen LogP contribution in [0.4, 0.5) is 0 Å². The van der Waals surface area contributed by atoms with Crippen LogP contribution in [0.1, 0.15) is 61.8 Å². The topological polar surface area (TPSA) is 17.1 Å². The molecule has 1 heterocycles. The monoisotopic (exact) mass is 320 g/mol. The Bertz CT molecular complexity index is 580. The highest BCUT2D eigenvalue weighted by molar-refractivity contribution is 7.89. The molecule has 1 nitrogen and oxygen atoms in total. The predicted molar refractivity (Wildman–Crippen MR) is 98.1 cm³/mol. The van der Waals surface area contributed by atoms with E-state index in [1.807, 2.05) is 0 Å². The van der Waals surface area contributed by atoms with Crippen molar-refractivity contribution >= 4 is 10.8 Å². The third-order valence-corrected chi connectivity index (χ3v) is 8.02. The summed E-state index contributed by atoms with van der Waals surface area (Å²) in [5.74, 6) is 0.764. The van der Waals surface area contributed by atoms with Crippen molar-refractivity contribution in [2.75, 3.05) is 5.75 Å². The number of hydrogen-bond acceptors (Lipinski definition) is 1. The molecule has 0 amide bonds. The summed E-state index contributed by atoms with van der Waals surface area (Å²) in [5.41, 5.74) is 1.64. The van der Waals surface area contributed by atoms with Gasteiger partial charge in [-0.25, -0.2) is 0 Å². The van der Waals surface area contributed by atoms with Crippen LogP contribution in [0.2, 0.25) is 0 Å². The lowest BCUT2D eigenvalue weighted by Gasteiger charge is -2.44. The van der Waals surface area contributed by atoms with Crippen LogP contribution in [0.25, 0.3) is 0 Å². The predicted octanol–water partition coefficient (Wildman–Crippen LogP) is 5.62. The van der Waals surface area contributed by atoms with E-state index in [9.17, 15) is 4.21 Å². The first-order valence-electron chi connectivity index (χ1n) is 8.29. The normalized spacial score (nSPS) is 36.3. The van der Waals surface area contributed by atoms with Crippen LogP contribution in [0, 0.1) is 21.7 Å². The molecule has 0 aromatic rings. The summed E-state index contributed by atoms with van der Waals surface area (Å²) >= 11 is 0. The van der Waals surface area contributed by atoms with E-state index in [0.717, 1.165) is 17.1 Å². The highest BCUT2D eigenvalue weighted by Gasteiger charge is 2.44. The van der Waals surface area contributed by atoms with E-state index in [-0.39, 0.29) is 21.7 Å².